The lowest BCUT2D eigenvalue weighted by Crippen LogP contribution is -2.66. The van der Waals surface area contributed by atoms with Crippen molar-refractivity contribution in [2.75, 3.05) is 0 Å². The van der Waals surface area contributed by atoms with Crippen LogP contribution in [0.15, 0.2) is 29.2 Å². The maximum absolute atomic E-state index is 13.3. The molecular weight excluding hydrogens is 406 g/mol. The second kappa shape index (κ2) is 7.02. The lowest BCUT2D eigenvalue weighted by Gasteiger charge is -2.55. The number of hydrogen-bond acceptors (Lipinski definition) is 5. The highest BCUT2D eigenvalue weighted by Crippen LogP contribution is 2.54. The molecule has 0 spiro atoms. The maximum Gasteiger partial charge on any atom is 0.270 e. The first-order valence-electron chi connectivity index (χ1n) is 10.9. The van der Waals surface area contributed by atoms with E-state index in [0.717, 1.165) is 24.3 Å². The van der Waals surface area contributed by atoms with Crippen LogP contribution in [0.2, 0.25) is 0 Å². The first-order chi connectivity index (χ1) is 14.3. The standard InChI is InChI=1S/C21H27N3O5S/c25-20(22-19-15-8-13-7-14(10-15)11-16(19)9-13)21(5-2-6-21)23-30(28,29)18-4-1-3-17(12-18)24(26)27/h1,3-4,12-16,19,23H,2,5-11H2,(H,22,25). The van der Waals surface area contributed by atoms with Crippen molar-refractivity contribution < 1.29 is 18.1 Å². The van der Waals surface area contributed by atoms with Gasteiger partial charge in [0.15, 0.2) is 0 Å². The van der Waals surface area contributed by atoms with Crippen molar-refractivity contribution in [2.24, 2.45) is 23.7 Å². The Morgan fingerprint density at radius 3 is 2.23 bits per heavy atom. The predicted octanol–water partition coefficient (Wildman–Crippen LogP) is 2.74. The molecule has 1 aromatic rings. The number of nitro groups is 1. The van der Waals surface area contributed by atoms with Gasteiger partial charge in [-0.25, -0.2) is 8.42 Å². The van der Waals surface area contributed by atoms with Gasteiger partial charge in [-0.3, -0.25) is 14.9 Å². The molecule has 162 valence electrons. The topological polar surface area (TPSA) is 118 Å². The molecule has 0 heterocycles. The van der Waals surface area contributed by atoms with Gasteiger partial charge in [0, 0.05) is 18.2 Å². The predicted molar refractivity (Wildman–Crippen MR) is 109 cm³/mol. The smallest absolute Gasteiger partial charge is 0.270 e. The zero-order valence-corrected chi connectivity index (χ0v) is 17.6. The van der Waals surface area contributed by atoms with Gasteiger partial charge >= 0.3 is 0 Å². The molecule has 0 saturated heterocycles. The molecule has 5 fully saturated rings. The highest BCUT2D eigenvalue weighted by atomic mass is 32.2. The third-order valence-corrected chi connectivity index (χ3v) is 9.37. The summed E-state index contributed by atoms with van der Waals surface area (Å²) >= 11 is 0. The van der Waals surface area contributed by atoms with Gasteiger partial charge in [0.2, 0.25) is 15.9 Å². The molecule has 0 aromatic heterocycles. The Morgan fingerprint density at radius 2 is 1.70 bits per heavy atom. The quantitative estimate of drug-likeness (QED) is 0.528. The summed E-state index contributed by atoms with van der Waals surface area (Å²) in [6, 6.07) is 5.08. The summed E-state index contributed by atoms with van der Waals surface area (Å²) in [5.74, 6) is 2.38. The summed E-state index contributed by atoms with van der Waals surface area (Å²) in [5.41, 5.74) is -1.45. The van der Waals surface area contributed by atoms with Crippen LogP contribution in [0, 0.1) is 33.8 Å². The van der Waals surface area contributed by atoms with E-state index >= 15 is 0 Å². The van der Waals surface area contributed by atoms with Crippen molar-refractivity contribution in [3.8, 4) is 0 Å². The van der Waals surface area contributed by atoms with Gasteiger partial charge in [-0.1, -0.05) is 6.07 Å². The minimum atomic E-state index is -4.06. The van der Waals surface area contributed by atoms with Crippen LogP contribution in [0.3, 0.4) is 0 Å². The fraction of sp³-hybridized carbons (Fsp3) is 0.667. The van der Waals surface area contributed by atoms with Gasteiger partial charge in [0.05, 0.1) is 9.82 Å². The molecule has 0 atom stereocenters. The number of carbonyl (C=O) groups excluding carboxylic acids is 1. The summed E-state index contributed by atoms with van der Waals surface area (Å²) in [5, 5.41) is 14.2. The molecule has 6 rings (SSSR count). The van der Waals surface area contributed by atoms with E-state index in [9.17, 15) is 23.3 Å². The van der Waals surface area contributed by atoms with Crippen LogP contribution in [0.5, 0.6) is 0 Å². The molecule has 0 unspecified atom stereocenters. The van der Waals surface area contributed by atoms with E-state index < -0.39 is 20.5 Å². The highest BCUT2D eigenvalue weighted by molar-refractivity contribution is 7.89. The zero-order valence-electron chi connectivity index (χ0n) is 16.7. The van der Waals surface area contributed by atoms with Crippen LogP contribution in [0.25, 0.3) is 0 Å². The summed E-state index contributed by atoms with van der Waals surface area (Å²) < 4.78 is 28.5. The van der Waals surface area contributed by atoms with Crippen LogP contribution < -0.4 is 10.0 Å². The number of non-ortho nitro benzene ring substituents is 1. The molecule has 5 aliphatic carbocycles. The van der Waals surface area contributed by atoms with Gasteiger partial charge in [0.25, 0.3) is 5.69 Å². The van der Waals surface area contributed by atoms with E-state index in [4.69, 9.17) is 0 Å². The van der Waals surface area contributed by atoms with Crippen LogP contribution in [-0.2, 0) is 14.8 Å². The summed E-state index contributed by atoms with van der Waals surface area (Å²) in [6.07, 6.45) is 7.68. The van der Waals surface area contributed by atoms with E-state index in [0.29, 0.717) is 24.7 Å². The molecular formula is C21H27N3O5S. The van der Waals surface area contributed by atoms with Gasteiger partial charge < -0.3 is 5.32 Å². The molecule has 0 aliphatic heterocycles. The molecule has 1 amide bonds. The molecule has 4 bridgehead atoms. The SMILES string of the molecule is O=C(NC1C2CC3CC(C2)CC1C3)C1(NS(=O)(=O)c2cccc([N+](=O)[O-])c2)CCC1. The molecule has 5 aliphatic rings. The van der Waals surface area contributed by atoms with Crippen molar-refractivity contribution in [3.63, 3.8) is 0 Å². The van der Waals surface area contributed by atoms with Crippen LogP contribution >= 0.6 is 0 Å². The molecule has 0 radical (unpaired) electrons. The lowest BCUT2D eigenvalue weighted by molar-refractivity contribution is -0.385. The number of hydrogen-bond donors (Lipinski definition) is 2. The number of amides is 1. The average molecular weight is 434 g/mol. The van der Waals surface area contributed by atoms with Gasteiger partial charge in [-0.15, -0.1) is 0 Å². The monoisotopic (exact) mass is 433 g/mol. The molecule has 1 aromatic carbocycles. The van der Waals surface area contributed by atoms with Crippen molar-refractivity contribution in [1.82, 2.24) is 10.0 Å². The number of benzene rings is 1. The minimum Gasteiger partial charge on any atom is -0.351 e. The van der Waals surface area contributed by atoms with Crippen LogP contribution in [0.1, 0.15) is 51.4 Å². The molecule has 9 heteroatoms. The number of sulfonamides is 1. The first kappa shape index (κ1) is 19.9. The Morgan fingerprint density at radius 1 is 1.07 bits per heavy atom. The Labute approximate surface area is 176 Å². The van der Waals surface area contributed by atoms with E-state index in [1.54, 1.807) is 0 Å². The van der Waals surface area contributed by atoms with E-state index in [-0.39, 0.29) is 22.5 Å². The molecule has 30 heavy (non-hydrogen) atoms. The van der Waals surface area contributed by atoms with E-state index in [1.165, 1.54) is 50.3 Å². The van der Waals surface area contributed by atoms with Crippen molar-refractivity contribution in [2.45, 2.75) is 67.8 Å². The molecule has 2 N–H and O–H groups in total. The number of rotatable bonds is 6. The van der Waals surface area contributed by atoms with E-state index in [2.05, 4.69) is 10.0 Å². The zero-order chi connectivity index (χ0) is 21.1. The van der Waals surface area contributed by atoms with Gasteiger partial charge in [-0.2, -0.15) is 4.72 Å². The minimum absolute atomic E-state index is 0.144. The first-order valence-corrected chi connectivity index (χ1v) is 12.3. The van der Waals surface area contributed by atoms with Crippen LogP contribution in [0.4, 0.5) is 5.69 Å². The molecule has 8 nitrogen and oxygen atoms in total. The highest BCUT2D eigenvalue weighted by Gasteiger charge is 2.52. The lowest BCUT2D eigenvalue weighted by atomic mass is 9.54. The number of nitro benzene ring substituents is 1. The third-order valence-electron chi connectivity index (χ3n) is 7.83. The normalized spacial score (nSPS) is 33.7. The second-order valence-corrected chi connectivity index (χ2v) is 11.4. The Bertz CT molecular complexity index is 960. The number of nitrogens with zero attached hydrogens (tertiary/aromatic N) is 1. The Kier molecular flexibility index (Phi) is 4.66. The maximum atomic E-state index is 13.3. The summed E-state index contributed by atoms with van der Waals surface area (Å²) in [4.78, 5) is 23.5. The Hall–Kier alpha value is -2.00. The number of carbonyl (C=O) groups is 1. The fourth-order valence-electron chi connectivity index (χ4n) is 6.44. The second-order valence-electron chi connectivity index (χ2n) is 9.73. The van der Waals surface area contributed by atoms with Crippen LogP contribution in [-0.4, -0.2) is 30.8 Å². The van der Waals surface area contributed by atoms with E-state index in [1.807, 2.05) is 0 Å². The number of nitrogens with one attached hydrogen (secondary N) is 2. The Balaban J connectivity index is 1.33. The van der Waals surface area contributed by atoms with Gasteiger partial charge in [-0.05, 0) is 81.1 Å². The third kappa shape index (κ3) is 3.32. The van der Waals surface area contributed by atoms with Crippen molar-refractivity contribution in [1.29, 1.82) is 0 Å². The van der Waals surface area contributed by atoms with Crippen molar-refractivity contribution >= 4 is 21.6 Å². The average Bonchev–Trinajstić information content (AvgIpc) is 2.67. The summed E-state index contributed by atoms with van der Waals surface area (Å²) in [6.45, 7) is 0. The molecule has 5 saturated carbocycles. The summed E-state index contributed by atoms with van der Waals surface area (Å²) in [7, 11) is -4.06. The largest absolute Gasteiger partial charge is 0.351 e. The fourth-order valence-corrected chi connectivity index (χ4v) is 7.90. The van der Waals surface area contributed by atoms with Crippen molar-refractivity contribution in [3.05, 3.63) is 34.4 Å². The van der Waals surface area contributed by atoms with Gasteiger partial charge in [0.1, 0.15) is 5.54 Å².